The predicted molar refractivity (Wildman–Crippen MR) is 64.3 cm³/mol. The Labute approximate surface area is 102 Å². The SMILES string of the molecule is CC1CNCC(C(=O)NC2CCC(=O)NC2)C1. The number of carbonyl (C=O) groups excluding carboxylic acids is 2. The van der Waals surface area contributed by atoms with Gasteiger partial charge in [-0.3, -0.25) is 9.59 Å². The Morgan fingerprint density at radius 2 is 2.18 bits per heavy atom. The first kappa shape index (κ1) is 12.4. The molecule has 2 fully saturated rings. The number of hydrogen-bond acceptors (Lipinski definition) is 3. The van der Waals surface area contributed by atoms with Crippen LogP contribution >= 0.6 is 0 Å². The Morgan fingerprint density at radius 3 is 2.82 bits per heavy atom. The fraction of sp³-hybridized carbons (Fsp3) is 0.833. The van der Waals surface area contributed by atoms with E-state index in [9.17, 15) is 9.59 Å². The van der Waals surface area contributed by atoms with Gasteiger partial charge in [-0.15, -0.1) is 0 Å². The van der Waals surface area contributed by atoms with Crippen LogP contribution in [0.4, 0.5) is 0 Å². The molecule has 0 radical (unpaired) electrons. The molecular weight excluding hydrogens is 218 g/mol. The van der Waals surface area contributed by atoms with Crippen molar-refractivity contribution in [2.45, 2.75) is 32.2 Å². The highest BCUT2D eigenvalue weighted by molar-refractivity contribution is 5.80. The van der Waals surface area contributed by atoms with Crippen molar-refractivity contribution in [2.75, 3.05) is 19.6 Å². The quantitative estimate of drug-likeness (QED) is 0.615. The lowest BCUT2D eigenvalue weighted by molar-refractivity contribution is -0.128. The predicted octanol–water partition coefficient (Wildman–Crippen LogP) is -0.373. The zero-order chi connectivity index (χ0) is 12.3. The standard InChI is InChI=1S/C12H21N3O2/c1-8-4-9(6-13-5-8)12(17)15-10-2-3-11(16)14-7-10/h8-10,13H,2-7H2,1H3,(H,14,16)(H,15,17). The van der Waals surface area contributed by atoms with Gasteiger partial charge in [0.05, 0.1) is 5.92 Å². The number of hydrogen-bond donors (Lipinski definition) is 3. The van der Waals surface area contributed by atoms with Crippen LogP contribution in [-0.4, -0.2) is 37.5 Å². The van der Waals surface area contributed by atoms with Crippen LogP contribution in [-0.2, 0) is 9.59 Å². The Kier molecular flexibility index (Phi) is 3.99. The van der Waals surface area contributed by atoms with Crippen LogP contribution in [0.5, 0.6) is 0 Å². The maximum atomic E-state index is 12.0. The van der Waals surface area contributed by atoms with E-state index in [0.29, 0.717) is 18.9 Å². The summed E-state index contributed by atoms with van der Waals surface area (Å²) in [4.78, 5) is 23.0. The number of amides is 2. The Morgan fingerprint density at radius 1 is 1.35 bits per heavy atom. The van der Waals surface area contributed by atoms with E-state index in [0.717, 1.165) is 25.9 Å². The summed E-state index contributed by atoms with van der Waals surface area (Å²) in [6.45, 7) is 4.51. The van der Waals surface area contributed by atoms with Gasteiger partial charge in [-0.2, -0.15) is 0 Å². The molecule has 3 unspecified atom stereocenters. The van der Waals surface area contributed by atoms with Crippen LogP contribution in [0.2, 0.25) is 0 Å². The van der Waals surface area contributed by atoms with Crippen LogP contribution in [0.25, 0.3) is 0 Å². The number of rotatable bonds is 2. The monoisotopic (exact) mass is 239 g/mol. The van der Waals surface area contributed by atoms with Crippen molar-refractivity contribution in [3.05, 3.63) is 0 Å². The van der Waals surface area contributed by atoms with E-state index in [1.807, 2.05) is 0 Å². The fourth-order valence-electron chi connectivity index (χ4n) is 2.53. The molecule has 0 aromatic carbocycles. The van der Waals surface area contributed by atoms with E-state index in [2.05, 4.69) is 22.9 Å². The minimum absolute atomic E-state index is 0.0800. The second-order valence-corrected chi connectivity index (χ2v) is 5.24. The molecule has 2 heterocycles. The fourth-order valence-corrected chi connectivity index (χ4v) is 2.53. The van der Waals surface area contributed by atoms with Gasteiger partial charge in [0.2, 0.25) is 11.8 Å². The van der Waals surface area contributed by atoms with Crippen LogP contribution in [0.15, 0.2) is 0 Å². The zero-order valence-corrected chi connectivity index (χ0v) is 10.3. The Balaban J connectivity index is 1.78. The van der Waals surface area contributed by atoms with Crippen molar-refractivity contribution in [2.24, 2.45) is 11.8 Å². The molecule has 2 rings (SSSR count). The molecule has 0 bridgehead atoms. The number of piperidine rings is 2. The van der Waals surface area contributed by atoms with E-state index in [1.165, 1.54) is 0 Å². The smallest absolute Gasteiger partial charge is 0.224 e. The average molecular weight is 239 g/mol. The van der Waals surface area contributed by atoms with E-state index in [1.54, 1.807) is 0 Å². The number of nitrogens with one attached hydrogen (secondary N) is 3. The molecule has 0 saturated carbocycles. The van der Waals surface area contributed by atoms with Gasteiger partial charge < -0.3 is 16.0 Å². The molecule has 2 aliphatic heterocycles. The lowest BCUT2D eigenvalue weighted by atomic mass is 9.91. The van der Waals surface area contributed by atoms with Crippen molar-refractivity contribution >= 4 is 11.8 Å². The third-order valence-electron chi connectivity index (χ3n) is 3.55. The summed E-state index contributed by atoms with van der Waals surface area (Å²) in [5.74, 6) is 0.857. The first-order valence-corrected chi connectivity index (χ1v) is 6.43. The number of carbonyl (C=O) groups is 2. The summed E-state index contributed by atoms with van der Waals surface area (Å²) < 4.78 is 0. The van der Waals surface area contributed by atoms with Crippen LogP contribution in [0.3, 0.4) is 0 Å². The van der Waals surface area contributed by atoms with E-state index in [-0.39, 0.29) is 23.8 Å². The first-order valence-electron chi connectivity index (χ1n) is 6.43. The molecular formula is C12H21N3O2. The molecule has 5 nitrogen and oxygen atoms in total. The van der Waals surface area contributed by atoms with E-state index in [4.69, 9.17) is 0 Å². The van der Waals surface area contributed by atoms with Gasteiger partial charge >= 0.3 is 0 Å². The zero-order valence-electron chi connectivity index (χ0n) is 10.3. The topological polar surface area (TPSA) is 70.2 Å². The van der Waals surface area contributed by atoms with E-state index >= 15 is 0 Å². The summed E-state index contributed by atoms with van der Waals surface area (Å²) in [5, 5.41) is 9.10. The molecule has 5 heteroatoms. The molecule has 17 heavy (non-hydrogen) atoms. The lowest BCUT2D eigenvalue weighted by Gasteiger charge is -2.30. The van der Waals surface area contributed by atoms with Gasteiger partial charge in [0.25, 0.3) is 0 Å². The second-order valence-electron chi connectivity index (χ2n) is 5.24. The highest BCUT2D eigenvalue weighted by Gasteiger charge is 2.27. The Hall–Kier alpha value is -1.10. The summed E-state index contributed by atoms with van der Waals surface area (Å²) in [7, 11) is 0. The van der Waals surface area contributed by atoms with Crippen molar-refractivity contribution in [3.8, 4) is 0 Å². The molecule has 2 amide bonds. The second kappa shape index (κ2) is 5.49. The average Bonchev–Trinajstić information content (AvgIpc) is 2.32. The van der Waals surface area contributed by atoms with Crippen molar-refractivity contribution in [3.63, 3.8) is 0 Å². The molecule has 0 aromatic rings. The molecule has 0 aromatic heterocycles. The summed E-state index contributed by atoms with van der Waals surface area (Å²) in [6, 6.07) is 0.109. The minimum Gasteiger partial charge on any atom is -0.354 e. The molecule has 0 spiro atoms. The van der Waals surface area contributed by atoms with Crippen LogP contribution in [0, 0.1) is 11.8 Å². The minimum atomic E-state index is 0.0800. The highest BCUT2D eigenvalue weighted by Crippen LogP contribution is 2.16. The van der Waals surface area contributed by atoms with Gasteiger partial charge in [-0.25, -0.2) is 0 Å². The van der Waals surface area contributed by atoms with Crippen LogP contribution < -0.4 is 16.0 Å². The maximum Gasteiger partial charge on any atom is 0.224 e. The normalized spacial score (nSPS) is 33.9. The van der Waals surface area contributed by atoms with Crippen LogP contribution in [0.1, 0.15) is 26.2 Å². The molecule has 96 valence electrons. The van der Waals surface area contributed by atoms with Gasteiger partial charge in [-0.05, 0) is 25.3 Å². The van der Waals surface area contributed by atoms with Crippen molar-refractivity contribution in [1.29, 1.82) is 0 Å². The molecule has 3 atom stereocenters. The van der Waals surface area contributed by atoms with Gasteiger partial charge in [-0.1, -0.05) is 6.92 Å². The largest absolute Gasteiger partial charge is 0.354 e. The van der Waals surface area contributed by atoms with Gasteiger partial charge in [0.1, 0.15) is 0 Å². The summed E-state index contributed by atoms with van der Waals surface area (Å²) >= 11 is 0. The summed E-state index contributed by atoms with van der Waals surface area (Å²) in [6.07, 6.45) is 2.23. The lowest BCUT2D eigenvalue weighted by Crippen LogP contribution is -2.51. The molecule has 2 aliphatic rings. The van der Waals surface area contributed by atoms with Gasteiger partial charge in [0, 0.05) is 25.6 Å². The third-order valence-corrected chi connectivity index (χ3v) is 3.55. The summed E-state index contributed by atoms with van der Waals surface area (Å²) in [5.41, 5.74) is 0. The van der Waals surface area contributed by atoms with Crippen molar-refractivity contribution in [1.82, 2.24) is 16.0 Å². The molecule has 2 saturated heterocycles. The first-order chi connectivity index (χ1) is 8.15. The Bertz CT molecular complexity index is 296. The van der Waals surface area contributed by atoms with E-state index < -0.39 is 0 Å². The molecule has 3 N–H and O–H groups in total. The molecule has 0 aliphatic carbocycles. The maximum absolute atomic E-state index is 12.0. The van der Waals surface area contributed by atoms with Gasteiger partial charge in [0.15, 0.2) is 0 Å². The van der Waals surface area contributed by atoms with Crippen molar-refractivity contribution < 1.29 is 9.59 Å². The highest BCUT2D eigenvalue weighted by atomic mass is 16.2. The third kappa shape index (κ3) is 3.43.